The standard InChI is InChI=1S/C13H17ClN2/c1-9(2)10(3)8-16-13-5-4-11(7-15)6-12(13)14/h4-6,9-10,16H,8H2,1-3H3. The van der Waals surface area contributed by atoms with Gasteiger partial charge in [-0.15, -0.1) is 0 Å². The normalized spacial score (nSPS) is 12.2. The molecule has 16 heavy (non-hydrogen) atoms. The molecule has 0 aliphatic heterocycles. The molecule has 1 N–H and O–H groups in total. The van der Waals surface area contributed by atoms with Gasteiger partial charge in [0, 0.05) is 6.54 Å². The van der Waals surface area contributed by atoms with Gasteiger partial charge in [-0.05, 0) is 30.0 Å². The summed E-state index contributed by atoms with van der Waals surface area (Å²) in [4.78, 5) is 0. The van der Waals surface area contributed by atoms with Gasteiger partial charge in [0.2, 0.25) is 0 Å². The first-order chi connectivity index (χ1) is 7.54. The molecule has 0 heterocycles. The number of anilines is 1. The largest absolute Gasteiger partial charge is 0.384 e. The van der Waals surface area contributed by atoms with Crippen LogP contribution in [0, 0.1) is 23.2 Å². The minimum Gasteiger partial charge on any atom is -0.384 e. The van der Waals surface area contributed by atoms with E-state index in [0.29, 0.717) is 22.4 Å². The van der Waals surface area contributed by atoms with Crippen LogP contribution < -0.4 is 5.32 Å². The number of benzene rings is 1. The van der Waals surface area contributed by atoms with Crippen LogP contribution in [0.1, 0.15) is 26.3 Å². The molecule has 0 spiro atoms. The summed E-state index contributed by atoms with van der Waals surface area (Å²) in [7, 11) is 0. The first-order valence-corrected chi connectivity index (χ1v) is 5.86. The van der Waals surface area contributed by atoms with E-state index in [2.05, 4.69) is 32.2 Å². The molecule has 0 fully saturated rings. The van der Waals surface area contributed by atoms with Gasteiger partial charge in [0.15, 0.2) is 0 Å². The summed E-state index contributed by atoms with van der Waals surface area (Å²) in [6.07, 6.45) is 0. The molecule has 1 aromatic carbocycles. The zero-order valence-corrected chi connectivity index (χ0v) is 10.7. The second-order valence-electron chi connectivity index (χ2n) is 4.41. The fraction of sp³-hybridized carbons (Fsp3) is 0.462. The van der Waals surface area contributed by atoms with Crippen molar-refractivity contribution >= 4 is 17.3 Å². The molecule has 0 amide bonds. The summed E-state index contributed by atoms with van der Waals surface area (Å²) < 4.78 is 0. The number of hydrogen-bond donors (Lipinski definition) is 1. The molecule has 3 heteroatoms. The highest BCUT2D eigenvalue weighted by Gasteiger charge is 2.08. The predicted octanol–water partition coefficient (Wildman–Crippen LogP) is 3.92. The zero-order valence-electron chi connectivity index (χ0n) is 9.92. The lowest BCUT2D eigenvalue weighted by molar-refractivity contribution is 0.440. The molecule has 86 valence electrons. The Labute approximate surface area is 102 Å². The molecule has 1 unspecified atom stereocenters. The first kappa shape index (κ1) is 12.9. The predicted molar refractivity (Wildman–Crippen MR) is 68.7 cm³/mol. The summed E-state index contributed by atoms with van der Waals surface area (Å²) in [6, 6.07) is 7.38. The van der Waals surface area contributed by atoms with Crippen molar-refractivity contribution in [3.8, 4) is 6.07 Å². The summed E-state index contributed by atoms with van der Waals surface area (Å²) in [5.74, 6) is 1.23. The second kappa shape index (κ2) is 5.77. The van der Waals surface area contributed by atoms with Gasteiger partial charge in [0.1, 0.15) is 0 Å². The molecular weight excluding hydrogens is 220 g/mol. The SMILES string of the molecule is CC(C)C(C)CNc1ccc(C#N)cc1Cl. The van der Waals surface area contributed by atoms with E-state index >= 15 is 0 Å². The van der Waals surface area contributed by atoms with Crippen LogP contribution in [0.3, 0.4) is 0 Å². The molecule has 0 aliphatic carbocycles. The third-order valence-electron chi connectivity index (χ3n) is 2.85. The molecule has 0 aromatic heterocycles. The lowest BCUT2D eigenvalue weighted by atomic mass is 9.98. The van der Waals surface area contributed by atoms with E-state index in [-0.39, 0.29) is 0 Å². The van der Waals surface area contributed by atoms with E-state index in [1.807, 2.05) is 6.07 Å². The minimum absolute atomic E-state index is 0.590. The van der Waals surface area contributed by atoms with E-state index in [1.165, 1.54) is 0 Å². The fourth-order valence-corrected chi connectivity index (χ4v) is 1.48. The minimum atomic E-state index is 0.590. The third kappa shape index (κ3) is 3.43. The summed E-state index contributed by atoms with van der Waals surface area (Å²) in [6.45, 7) is 7.50. The highest BCUT2D eigenvalue weighted by molar-refractivity contribution is 6.33. The highest BCUT2D eigenvalue weighted by atomic mass is 35.5. The van der Waals surface area contributed by atoms with Crippen molar-refractivity contribution in [2.75, 3.05) is 11.9 Å². The maximum absolute atomic E-state index is 8.71. The molecule has 1 rings (SSSR count). The smallest absolute Gasteiger partial charge is 0.0992 e. The Morgan fingerprint density at radius 1 is 1.38 bits per heavy atom. The number of nitrogens with zero attached hydrogens (tertiary/aromatic N) is 1. The van der Waals surface area contributed by atoms with Crippen LogP contribution in [0.4, 0.5) is 5.69 Å². The van der Waals surface area contributed by atoms with E-state index in [0.717, 1.165) is 12.2 Å². The number of rotatable bonds is 4. The summed E-state index contributed by atoms with van der Waals surface area (Å²) in [5.41, 5.74) is 1.49. The van der Waals surface area contributed by atoms with Gasteiger partial charge in [0.05, 0.1) is 22.3 Å². The average Bonchev–Trinajstić information content (AvgIpc) is 2.26. The van der Waals surface area contributed by atoms with Gasteiger partial charge in [-0.25, -0.2) is 0 Å². The van der Waals surface area contributed by atoms with Crippen molar-refractivity contribution in [2.45, 2.75) is 20.8 Å². The van der Waals surface area contributed by atoms with E-state index < -0.39 is 0 Å². The van der Waals surface area contributed by atoms with E-state index in [1.54, 1.807) is 12.1 Å². The zero-order chi connectivity index (χ0) is 12.1. The lowest BCUT2D eigenvalue weighted by Gasteiger charge is -2.17. The highest BCUT2D eigenvalue weighted by Crippen LogP contribution is 2.23. The average molecular weight is 237 g/mol. The maximum Gasteiger partial charge on any atom is 0.0992 e. The monoisotopic (exact) mass is 236 g/mol. The molecule has 2 nitrogen and oxygen atoms in total. The number of nitriles is 1. The van der Waals surface area contributed by atoms with Crippen LogP contribution in [0.5, 0.6) is 0 Å². The van der Waals surface area contributed by atoms with Gasteiger partial charge in [-0.1, -0.05) is 32.4 Å². The van der Waals surface area contributed by atoms with Gasteiger partial charge < -0.3 is 5.32 Å². The van der Waals surface area contributed by atoms with Crippen LogP contribution in [-0.2, 0) is 0 Å². The van der Waals surface area contributed by atoms with Crippen LogP contribution >= 0.6 is 11.6 Å². The Bertz CT molecular complexity index is 393. The Hall–Kier alpha value is -1.20. The van der Waals surface area contributed by atoms with Gasteiger partial charge >= 0.3 is 0 Å². The summed E-state index contributed by atoms with van der Waals surface area (Å²) >= 11 is 6.06. The molecule has 0 radical (unpaired) electrons. The molecule has 0 aliphatic rings. The Morgan fingerprint density at radius 3 is 2.56 bits per heavy atom. The van der Waals surface area contributed by atoms with Crippen molar-refractivity contribution in [1.82, 2.24) is 0 Å². The molecule has 1 aromatic rings. The number of halogens is 1. The fourth-order valence-electron chi connectivity index (χ4n) is 1.23. The van der Waals surface area contributed by atoms with Gasteiger partial charge in [-0.2, -0.15) is 5.26 Å². The van der Waals surface area contributed by atoms with Crippen molar-refractivity contribution in [3.05, 3.63) is 28.8 Å². The van der Waals surface area contributed by atoms with Crippen LogP contribution in [0.2, 0.25) is 5.02 Å². The van der Waals surface area contributed by atoms with E-state index in [4.69, 9.17) is 16.9 Å². The summed E-state index contributed by atoms with van der Waals surface area (Å²) in [5, 5.41) is 12.6. The van der Waals surface area contributed by atoms with Crippen LogP contribution in [0.25, 0.3) is 0 Å². The van der Waals surface area contributed by atoms with E-state index in [9.17, 15) is 0 Å². The third-order valence-corrected chi connectivity index (χ3v) is 3.16. The van der Waals surface area contributed by atoms with Crippen molar-refractivity contribution in [1.29, 1.82) is 5.26 Å². The van der Waals surface area contributed by atoms with Crippen molar-refractivity contribution < 1.29 is 0 Å². The molecule has 1 atom stereocenters. The van der Waals surface area contributed by atoms with Crippen LogP contribution in [-0.4, -0.2) is 6.54 Å². The Kier molecular flexibility index (Phi) is 4.64. The number of hydrogen-bond acceptors (Lipinski definition) is 2. The van der Waals surface area contributed by atoms with Gasteiger partial charge in [-0.3, -0.25) is 0 Å². The molecule has 0 saturated carbocycles. The van der Waals surface area contributed by atoms with Crippen LogP contribution in [0.15, 0.2) is 18.2 Å². The van der Waals surface area contributed by atoms with Crippen molar-refractivity contribution in [2.24, 2.45) is 11.8 Å². The lowest BCUT2D eigenvalue weighted by Crippen LogP contribution is -2.16. The number of nitrogens with one attached hydrogen (secondary N) is 1. The quantitative estimate of drug-likeness (QED) is 0.860. The molecule has 0 bridgehead atoms. The Morgan fingerprint density at radius 2 is 2.06 bits per heavy atom. The first-order valence-electron chi connectivity index (χ1n) is 5.48. The second-order valence-corrected chi connectivity index (χ2v) is 4.82. The molecule has 0 saturated heterocycles. The van der Waals surface area contributed by atoms with Gasteiger partial charge in [0.25, 0.3) is 0 Å². The van der Waals surface area contributed by atoms with Crippen molar-refractivity contribution in [3.63, 3.8) is 0 Å². The molecular formula is C13H17ClN2. The maximum atomic E-state index is 8.71. The Balaban J connectivity index is 2.65. The topological polar surface area (TPSA) is 35.8 Å².